The van der Waals surface area contributed by atoms with Crippen LogP contribution in [-0.2, 0) is 11.1 Å². The molecular formula is C3HF7LiO2S. The Morgan fingerprint density at radius 3 is 1.29 bits per heavy atom. The molecule has 11 heteroatoms. The number of halogens is 7. The number of hydrogen-bond acceptors (Lipinski definition) is 1. The molecule has 0 heterocycles. The molecule has 0 aliphatic carbocycles. The second-order valence-corrected chi connectivity index (χ2v) is 2.85. The topological polar surface area (TPSA) is 37.3 Å². The Hall–Kier alpha value is 0.217. The number of alkyl halides is 7. The molecule has 0 rings (SSSR count). The van der Waals surface area contributed by atoms with Gasteiger partial charge < -0.3 is 4.55 Å². The summed E-state index contributed by atoms with van der Waals surface area (Å²) in [5.74, 6) is -6.53. The van der Waals surface area contributed by atoms with Gasteiger partial charge in [0.25, 0.3) is 0 Å². The zero-order chi connectivity index (χ0) is 11.1. The molecule has 0 aromatic carbocycles. The quantitative estimate of drug-likeness (QED) is 0.453. The Labute approximate surface area is 87.3 Å². The molecule has 0 aliphatic rings. The molecule has 1 N–H and O–H groups in total. The summed E-state index contributed by atoms with van der Waals surface area (Å²) in [6.07, 6.45) is -6.57. The van der Waals surface area contributed by atoms with Gasteiger partial charge in [0.05, 0.1) is 0 Å². The molecule has 1 atom stereocenters. The first kappa shape index (κ1) is 16.6. The van der Waals surface area contributed by atoms with Crippen molar-refractivity contribution >= 4 is 29.9 Å². The van der Waals surface area contributed by atoms with Gasteiger partial charge in [0, 0.05) is 18.9 Å². The molecule has 2 nitrogen and oxygen atoms in total. The van der Waals surface area contributed by atoms with Crippen LogP contribution in [0.1, 0.15) is 0 Å². The maximum absolute atomic E-state index is 11.8. The van der Waals surface area contributed by atoms with E-state index in [4.69, 9.17) is 4.55 Å². The van der Waals surface area contributed by atoms with Crippen LogP contribution in [0.2, 0.25) is 0 Å². The Morgan fingerprint density at radius 2 is 1.21 bits per heavy atom. The number of rotatable bonds is 2. The van der Waals surface area contributed by atoms with Gasteiger partial charge in [0.2, 0.25) is 11.1 Å². The van der Waals surface area contributed by atoms with Crippen molar-refractivity contribution < 1.29 is 39.5 Å². The van der Waals surface area contributed by atoms with Crippen LogP contribution in [0.15, 0.2) is 0 Å². The molecule has 0 aliphatic heterocycles. The molecule has 0 saturated heterocycles. The van der Waals surface area contributed by atoms with E-state index in [2.05, 4.69) is 0 Å². The molecule has 0 bridgehead atoms. The van der Waals surface area contributed by atoms with E-state index in [-0.39, 0.29) is 18.9 Å². The van der Waals surface area contributed by atoms with Gasteiger partial charge in [0.15, 0.2) is 0 Å². The summed E-state index contributed by atoms with van der Waals surface area (Å²) in [5, 5.41) is -6.05. The van der Waals surface area contributed by atoms with Crippen molar-refractivity contribution in [2.75, 3.05) is 0 Å². The van der Waals surface area contributed by atoms with Crippen molar-refractivity contribution in [2.24, 2.45) is 0 Å². The zero-order valence-electron chi connectivity index (χ0n) is 6.41. The fraction of sp³-hybridized carbons (Fsp3) is 1.00. The fourth-order valence-electron chi connectivity index (χ4n) is 0.275. The summed E-state index contributed by atoms with van der Waals surface area (Å²) in [4.78, 5) is 0. The molecule has 81 valence electrons. The zero-order valence-corrected chi connectivity index (χ0v) is 7.23. The normalized spacial score (nSPS) is 16.0. The summed E-state index contributed by atoms with van der Waals surface area (Å²) in [6.45, 7) is 0. The Kier molecular flexibility index (Phi) is 5.21. The van der Waals surface area contributed by atoms with E-state index in [0.29, 0.717) is 0 Å². The molecule has 0 aromatic heterocycles. The van der Waals surface area contributed by atoms with Crippen LogP contribution in [0.5, 0.6) is 0 Å². The SMILES string of the molecule is O=S(O)C(F)(F)C(F)(F)C(F)(F)F.[Li]. The third-order valence-electron chi connectivity index (χ3n) is 0.941. The molecule has 1 unspecified atom stereocenters. The maximum atomic E-state index is 11.8. The smallest absolute Gasteiger partial charge is 0.301 e. The molecule has 0 saturated carbocycles. The predicted molar refractivity (Wildman–Crippen MR) is 32.5 cm³/mol. The first-order chi connectivity index (χ1) is 5.44. The van der Waals surface area contributed by atoms with E-state index in [1.807, 2.05) is 0 Å². The van der Waals surface area contributed by atoms with Crippen molar-refractivity contribution in [3.05, 3.63) is 0 Å². The maximum Gasteiger partial charge on any atom is 0.461 e. The van der Waals surface area contributed by atoms with Gasteiger partial charge in [0.1, 0.15) is 0 Å². The van der Waals surface area contributed by atoms with Crippen LogP contribution in [0.4, 0.5) is 30.7 Å². The van der Waals surface area contributed by atoms with Gasteiger partial charge in [-0.2, -0.15) is 30.7 Å². The largest absolute Gasteiger partial charge is 0.461 e. The van der Waals surface area contributed by atoms with Gasteiger partial charge >= 0.3 is 17.4 Å². The molecule has 1 radical (unpaired) electrons. The van der Waals surface area contributed by atoms with Gasteiger partial charge in [-0.25, -0.2) is 4.21 Å². The van der Waals surface area contributed by atoms with E-state index < -0.39 is 28.4 Å². The van der Waals surface area contributed by atoms with Crippen molar-refractivity contribution in [3.8, 4) is 0 Å². The van der Waals surface area contributed by atoms with E-state index in [1.54, 1.807) is 0 Å². The van der Waals surface area contributed by atoms with Crippen LogP contribution < -0.4 is 0 Å². The second kappa shape index (κ2) is 4.38. The second-order valence-electron chi connectivity index (χ2n) is 1.84. The molecular weight excluding hydrogens is 240 g/mol. The summed E-state index contributed by atoms with van der Waals surface area (Å²) in [6, 6.07) is 0. The standard InChI is InChI=1S/C3HF7O2S.Li/c4-1(5,2(6,7)8)3(9,10)13(11)12;/h(H,11,12);. The van der Waals surface area contributed by atoms with E-state index >= 15 is 0 Å². The summed E-state index contributed by atoms with van der Waals surface area (Å²) in [7, 11) is 0. The van der Waals surface area contributed by atoms with Crippen molar-refractivity contribution in [1.29, 1.82) is 0 Å². The minimum atomic E-state index is -6.57. The average molecular weight is 241 g/mol. The van der Waals surface area contributed by atoms with E-state index in [9.17, 15) is 34.9 Å². The van der Waals surface area contributed by atoms with Crippen LogP contribution in [0.25, 0.3) is 0 Å². The Morgan fingerprint density at radius 1 is 0.929 bits per heavy atom. The molecule has 0 aromatic rings. The van der Waals surface area contributed by atoms with E-state index in [0.717, 1.165) is 0 Å². The van der Waals surface area contributed by atoms with E-state index in [1.165, 1.54) is 0 Å². The van der Waals surface area contributed by atoms with Gasteiger partial charge in [-0.3, -0.25) is 0 Å². The van der Waals surface area contributed by atoms with Crippen LogP contribution >= 0.6 is 0 Å². The van der Waals surface area contributed by atoms with Crippen molar-refractivity contribution in [2.45, 2.75) is 17.4 Å². The number of hydrogen-bond donors (Lipinski definition) is 1. The minimum Gasteiger partial charge on any atom is -0.301 e. The van der Waals surface area contributed by atoms with Gasteiger partial charge in [-0.15, -0.1) is 0 Å². The molecule has 0 fully saturated rings. The van der Waals surface area contributed by atoms with Crippen molar-refractivity contribution in [1.82, 2.24) is 0 Å². The Balaban J connectivity index is 0. The summed E-state index contributed by atoms with van der Waals surface area (Å²) in [5.41, 5.74) is 0. The molecule has 14 heavy (non-hydrogen) atoms. The fourth-order valence-corrected chi connectivity index (χ4v) is 0.610. The first-order valence-electron chi connectivity index (χ1n) is 2.38. The average Bonchev–Trinajstić information content (AvgIpc) is 1.84. The van der Waals surface area contributed by atoms with Gasteiger partial charge in [-0.1, -0.05) is 0 Å². The summed E-state index contributed by atoms with van der Waals surface area (Å²) >= 11 is -4.60. The first-order valence-corrected chi connectivity index (χ1v) is 3.48. The third kappa shape index (κ3) is 2.62. The van der Waals surface area contributed by atoms with Crippen LogP contribution in [0.3, 0.4) is 0 Å². The van der Waals surface area contributed by atoms with Gasteiger partial charge in [-0.05, 0) is 0 Å². The van der Waals surface area contributed by atoms with Crippen LogP contribution in [-0.4, -0.2) is 45.0 Å². The van der Waals surface area contributed by atoms with Crippen molar-refractivity contribution in [3.63, 3.8) is 0 Å². The monoisotopic (exact) mass is 241 g/mol. The predicted octanol–water partition coefficient (Wildman–Crippen LogP) is 1.62. The Bertz CT molecular complexity index is 225. The third-order valence-corrected chi connectivity index (χ3v) is 1.64. The molecule has 0 spiro atoms. The van der Waals surface area contributed by atoms with Crippen LogP contribution in [0, 0.1) is 0 Å². The molecule has 0 amide bonds. The minimum absolute atomic E-state index is 0. The summed E-state index contributed by atoms with van der Waals surface area (Å²) < 4.78 is 97.7.